The Morgan fingerprint density at radius 3 is 2.47 bits per heavy atom. The lowest BCUT2D eigenvalue weighted by Crippen LogP contribution is -2.49. The van der Waals surface area contributed by atoms with E-state index in [-0.39, 0.29) is 29.7 Å². The second-order valence-electron chi connectivity index (χ2n) is 8.43. The maximum atomic E-state index is 14.4. The highest BCUT2D eigenvalue weighted by molar-refractivity contribution is 7.88. The zero-order valence-electron chi connectivity index (χ0n) is 17.1. The highest BCUT2D eigenvalue weighted by Crippen LogP contribution is 2.33. The number of carbonyl (C=O) groups excluding carboxylic acids is 1. The maximum Gasteiger partial charge on any atom is 0.225 e. The number of carbonyl (C=O) groups is 1. The fourth-order valence-electron chi connectivity index (χ4n) is 4.49. The third-order valence-electron chi connectivity index (χ3n) is 6.16. The Kier molecular flexibility index (Phi) is 5.93. The molecule has 1 saturated heterocycles. The highest BCUT2D eigenvalue weighted by Gasteiger charge is 2.41. The van der Waals surface area contributed by atoms with E-state index < -0.39 is 10.0 Å². The molecule has 4 rings (SSSR count). The van der Waals surface area contributed by atoms with Crippen molar-refractivity contribution in [3.63, 3.8) is 0 Å². The van der Waals surface area contributed by atoms with Crippen LogP contribution in [0.5, 0.6) is 0 Å². The first-order chi connectivity index (χ1) is 14.3. The fourth-order valence-corrected chi connectivity index (χ4v) is 5.31. The molecule has 30 heavy (non-hydrogen) atoms. The van der Waals surface area contributed by atoms with E-state index >= 15 is 0 Å². The zero-order valence-corrected chi connectivity index (χ0v) is 17.9. The molecular formula is C23H27FN2O3S. The number of halogens is 1. The summed E-state index contributed by atoms with van der Waals surface area (Å²) in [4.78, 5) is 14.8. The highest BCUT2D eigenvalue weighted by atomic mass is 32.2. The predicted octanol–water partition coefficient (Wildman–Crippen LogP) is 3.35. The Hall–Kier alpha value is -2.25. The summed E-state index contributed by atoms with van der Waals surface area (Å²) in [6, 6.07) is 13.8. The van der Waals surface area contributed by atoms with E-state index in [0.717, 1.165) is 42.2 Å². The molecule has 1 N–H and O–H groups in total. The van der Waals surface area contributed by atoms with Gasteiger partial charge in [0.15, 0.2) is 0 Å². The largest absolute Gasteiger partial charge is 0.337 e. The lowest BCUT2D eigenvalue weighted by molar-refractivity contribution is -0.139. The van der Waals surface area contributed by atoms with Crippen LogP contribution in [0.4, 0.5) is 4.39 Å². The number of nitrogens with one attached hydrogen (secondary N) is 1. The molecule has 2 fully saturated rings. The van der Waals surface area contributed by atoms with Gasteiger partial charge in [-0.15, -0.1) is 0 Å². The molecule has 2 atom stereocenters. The van der Waals surface area contributed by atoms with Gasteiger partial charge in [-0.1, -0.05) is 42.8 Å². The maximum absolute atomic E-state index is 14.4. The first kappa shape index (κ1) is 21.0. The lowest BCUT2D eigenvalue weighted by Gasteiger charge is -2.34. The van der Waals surface area contributed by atoms with E-state index in [9.17, 15) is 17.6 Å². The summed E-state index contributed by atoms with van der Waals surface area (Å²) in [6.45, 7) is 0.522. The number of benzene rings is 2. The molecule has 1 saturated carbocycles. The van der Waals surface area contributed by atoms with E-state index in [1.807, 2.05) is 41.3 Å². The van der Waals surface area contributed by atoms with Gasteiger partial charge in [-0.2, -0.15) is 0 Å². The van der Waals surface area contributed by atoms with Crippen LogP contribution in [0.1, 0.15) is 31.2 Å². The number of hydrogen-bond donors (Lipinski definition) is 1. The second kappa shape index (κ2) is 8.47. The molecule has 7 heteroatoms. The summed E-state index contributed by atoms with van der Waals surface area (Å²) in [5.74, 6) is -0.200. The van der Waals surface area contributed by atoms with Crippen molar-refractivity contribution in [3.05, 3.63) is 59.9 Å². The topological polar surface area (TPSA) is 66.5 Å². The van der Waals surface area contributed by atoms with Gasteiger partial charge in [-0.3, -0.25) is 4.79 Å². The van der Waals surface area contributed by atoms with Gasteiger partial charge >= 0.3 is 0 Å². The van der Waals surface area contributed by atoms with Crippen LogP contribution < -0.4 is 4.72 Å². The van der Waals surface area contributed by atoms with Crippen molar-refractivity contribution < 1.29 is 17.6 Å². The van der Waals surface area contributed by atoms with E-state index in [0.29, 0.717) is 19.4 Å². The second-order valence-corrected chi connectivity index (χ2v) is 10.2. The summed E-state index contributed by atoms with van der Waals surface area (Å²) >= 11 is 0. The monoisotopic (exact) mass is 430 g/mol. The van der Waals surface area contributed by atoms with E-state index in [2.05, 4.69) is 4.72 Å². The molecule has 2 aromatic carbocycles. The Morgan fingerprint density at radius 1 is 1.10 bits per heavy atom. The first-order valence-corrected chi connectivity index (χ1v) is 12.3. The van der Waals surface area contributed by atoms with E-state index in [4.69, 9.17) is 0 Å². The van der Waals surface area contributed by atoms with E-state index in [1.165, 1.54) is 12.1 Å². The normalized spacial score (nSPS) is 22.1. The molecular weight excluding hydrogens is 403 g/mol. The Labute approximate surface area is 177 Å². The molecule has 1 aliphatic heterocycles. The summed E-state index contributed by atoms with van der Waals surface area (Å²) in [7, 11) is -3.42. The summed E-state index contributed by atoms with van der Waals surface area (Å²) in [5.41, 5.74) is 2.44. The van der Waals surface area contributed by atoms with Crippen LogP contribution in [0.3, 0.4) is 0 Å². The number of hydrogen-bond acceptors (Lipinski definition) is 3. The molecule has 0 aromatic heterocycles. The Balaban J connectivity index is 1.62. The molecule has 0 radical (unpaired) electrons. The van der Waals surface area contributed by atoms with Crippen LogP contribution in [0.2, 0.25) is 0 Å². The predicted molar refractivity (Wildman–Crippen MR) is 115 cm³/mol. The van der Waals surface area contributed by atoms with Gasteiger partial charge < -0.3 is 4.90 Å². The fraction of sp³-hybridized carbons (Fsp3) is 0.435. The van der Waals surface area contributed by atoms with Gasteiger partial charge in [0.05, 0.1) is 12.3 Å². The third kappa shape index (κ3) is 4.73. The molecule has 1 heterocycles. The lowest BCUT2D eigenvalue weighted by atomic mass is 9.84. The number of nitrogens with zero attached hydrogens (tertiary/aromatic N) is 1. The quantitative estimate of drug-likeness (QED) is 0.764. The molecule has 1 aliphatic carbocycles. The SMILES string of the molecule is CS(=O)(=O)N[C@H]1CCN(C(=O)C2CCC2)[C@H]1Cc1cc(F)cc(-c2ccccc2)c1. The smallest absolute Gasteiger partial charge is 0.225 e. The molecule has 5 nitrogen and oxygen atoms in total. The van der Waals surface area contributed by atoms with Gasteiger partial charge in [-0.05, 0) is 54.5 Å². The summed E-state index contributed by atoms with van der Waals surface area (Å²) in [6.07, 6.45) is 4.95. The molecule has 2 aromatic rings. The van der Waals surface area contributed by atoms with E-state index in [1.54, 1.807) is 0 Å². The van der Waals surface area contributed by atoms with Gasteiger partial charge in [0.2, 0.25) is 15.9 Å². The van der Waals surface area contributed by atoms with Crippen LogP contribution in [0.25, 0.3) is 11.1 Å². The standard InChI is InChI=1S/C23H27FN2O3S/c1-30(28,29)25-21-10-11-26(23(27)18-8-5-9-18)22(21)14-16-12-19(15-20(24)13-16)17-6-3-2-4-7-17/h2-4,6-7,12-13,15,18,21-22,25H,5,8-11,14H2,1H3/t21-,22-/m0/s1. The van der Waals surface area contributed by atoms with Gasteiger partial charge in [0, 0.05) is 18.5 Å². The van der Waals surface area contributed by atoms with Crippen molar-refractivity contribution in [3.8, 4) is 11.1 Å². The minimum atomic E-state index is -3.42. The number of sulfonamides is 1. The van der Waals surface area contributed by atoms with Crippen molar-refractivity contribution in [1.82, 2.24) is 9.62 Å². The molecule has 160 valence electrons. The third-order valence-corrected chi connectivity index (χ3v) is 6.89. The number of likely N-dealkylation sites (tertiary alicyclic amines) is 1. The molecule has 0 spiro atoms. The average Bonchev–Trinajstić information content (AvgIpc) is 3.01. The van der Waals surface area contributed by atoms with Gasteiger partial charge in [-0.25, -0.2) is 17.5 Å². The minimum Gasteiger partial charge on any atom is -0.337 e. The van der Waals surface area contributed by atoms with Crippen molar-refractivity contribution in [1.29, 1.82) is 0 Å². The van der Waals surface area contributed by atoms with Crippen LogP contribution in [-0.4, -0.2) is 44.1 Å². The number of rotatable bonds is 6. The van der Waals surface area contributed by atoms with Crippen molar-refractivity contribution in [2.75, 3.05) is 12.8 Å². The van der Waals surface area contributed by atoms with Crippen LogP contribution in [0.15, 0.2) is 48.5 Å². The van der Waals surface area contributed by atoms with Crippen LogP contribution >= 0.6 is 0 Å². The molecule has 1 amide bonds. The Bertz CT molecular complexity index is 1020. The molecule has 2 aliphatic rings. The average molecular weight is 431 g/mol. The van der Waals surface area contributed by atoms with Gasteiger partial charge in [0.1, 0.15) is 5.82 Å². The molecule has 0 unspecified atom stereocenters. The summed E-state index contributed by atoms with van der Waals surface area (Å²) < 4.78 is 40.9. The van der Waals surface area contributed by atoms with Gasteiger partial charge in [0.25, 0.3) is 0 Å². The van der Waals surface area contributed by atoms with Crippen molar-refractivity contribution in [2.24, 2.45) is 5.92 Å². The molecule has 0 bridgehead atoms. The summed E-state index contributed by atoms with van der Waals surface area (Å²) in [5, 5.41) is 0. The van der Waals surface area contributed by atoms with Crippen LogP contribution in [0, 0.1) is 11.7 Å². The van der Waals surface area contributed by atoms with Crippen molar-refractivity contribution in [2.45, 2.75) is 44.2 Å². The van der Waals surface area contributed by atoms with Crippen molar-refractivity contribution >= 4 is 15.9 Å². The minimum absolute atomic E-state index is 0.0388. The number of amides is 1. The Morgan fingerprint density at radius 2 is 1.83 bits per heavy atom. The van der Waals surface area contributed by atoms with Crippen LogP contribution in [-0.2, 0) is 21.2 Å². The zero-order chi connectivity index (χ0) is 21.3. The first-order valence-electron chi connectivity index (χ1n) is 10.4.